The number of hydrogen-bond acceptors (Lipinski definition) is 3. The predicted molar refractivity (Wildman–Crippen MR) is 71.0 cm³/mol. The molecule has 6 heteroatoms. The van der Waals surface area contributed by atoms with Crippen molar-refractivity contribution in [3.8, 4) is 0 Å². The van der Waals surface area contributed by atoms with Gasteiger partial charge in [0.05, 0.1) is 6.10 Å². The molecule has 0 bridgehead atoms. The van der Waals surface area contributed by atoms with Gasteiger partial charge in [0.15, 0.2) is 0 Å². The highest BCUT2D eigenvalue weighted by Crippen LogP contribution is 2.09. The normalized spacial score (nSPS) is 21.3. The van der Waals surface area contributed by atoms with Crippen LogP contribution < -0.4 is 5.32 Å². The monoisotopic (exact) mass is 270 g/mol. The van der Waals surface area contributed by atoms with E-state index in [1.165, 1.54) is 6.08 Å². The minimum absolute atomic E-state index is 0.0240. The molecule has 0 aromatic rings. The zero-order valence-electron chi connectivity index (χ0n) is 11.3. The van der Waals surface area contributed by atoms with Gasteiger partial charge in [0.25, 0.3) is 0 Å². The molecule has 0 aliphatic carbocycles. The standard InChI is InChI=1S/C13H22N2O4/c1-3-6-11(12(16)17)14-13(18)15-7-5-8-19-10(4-2)9-15/h3,10-11H,1,4-9H2,2H3,(H,14,18)(H,16,17). The van der Waals surface area contributed by atoms with Crippen molar-refractivity contribution in [1.82, 2.24) is 10.2 Å². The van der Waals surface area contributed by atoms with E-state index in [2.05, 4.69) is 11.9 Å². The number of aliphatic carboxylic acids is 1. The third kappa shape index (κ3) is 4.90. The summed E-state index contributed by atoms with van der Waals surface area (Å²) in [6.07, 6.45) is 3.32. The smallest absolute Gasteiger partial charge is 0.326 e. The van der Waals surface area contributed by atoms with Crippen LogP contribution >= 0.6 is 0 Å². The molecule has 1 fully saturated rings. The Labute approximate surface area is 113 Å². The first-order valence-electron chi connectivity index (χ1n) is 6.59. The molecule has 2 amide bonds. The predicted octanol–water partition coefficient (Wildman–Crippen LogP) is 1.23. The van der Waals surface area contributed by atoms with Gasteiger partial charge in [-0.1, -0.05) is 13.0 Å². The van der Waals surface area contributed by atoms with Crippen molar-refractivity contribution >= 4 is 12.0 Å². The fourth-order valence-corrected chi connectivity index (χ4v) is 1.96. The molecule has 2 unspecified atom stereocenters. The quantitative estimate of drug-likeness (QED) is 0.736. The highest BCUT2D eigenvalue weighted by molar-refractivity contribution is 5.82. The molecular weight excluding hydrogens is 248 g/mol. The lowest BCUT2D eigenvalue weighted by Gasteiger charge is -2.25. The average molecular weight is 270 g/mol. The largest absolute Gasteiger partial charge is 0.480 e. The van der Waals surface area contributed by atoms with Gasteiger partial charge < -0.3 is 20.1 Å². The van der Waals surface area contributed by atoms with Crippen molar-refractivity contribution in [2.45, 2.75) is 38.3 Å². The second kappa shape index (κ2) is 7.78. The molecule has 1 heterocycles. The number of urea groups is 1. The summed E-state index contributed by atoms with van der Waals surface area (Å²) in [6, 6.07) is -1.27. The molecule has 2 atom stereocenters. The topological polar surface area (TPSA) is 78.9 Å². The van der Waals surface area contributed by atoms with Crippen LogP contribution in [0.1, 0.15) is 26.2 Å². The number of carboxylic acid groups (broad SMARTS) is 1. The lowest BCUT2D eigenvalue weighted by Crippen LogP contribution is -2.49. The van der Waals surface area contributed by atoms with Crippen LogP contribution in [-0.4, -0.2) is 53.8 Å². The van der Waals surface area contributed by atoms with Crippen LogP contribution in [0.5, 0.6) is 0 Å². The molecular formula is C13H22N2O4. The maximum Gasteiger partial charge on any atom is 0.326 e. The van der Waals surface area contributed by atoms with Gasteiger partial charge in [-0.3, -0.25) is 0 Å². The summed E-state index contributed by atoms with van der Waals surface area (Å²) in [5.41, 5.74) is 0. The van der Waals surface area contributed by atoms with Gasteiger partial charge in [-0.15, -0.1) is 6.58 Å². The van der Waals surface area contributed by atoms with Crippen LogP contribution in [0.4, 0.5) is 4.79 Å². The van der Waals surface area contributed by atoms with E-state index < -0.39 is 12.0 Å². The van der Waals surface area contributed by atoms with Gasteiger partial charge in [-0.2, -0.15) is 0 Å². The minimum atomic E-state index is -1.05. The first-order valence-corrected chi connectivity index (χ1v) is 6.59. The molecule has 0 spiro atoms. The van der Waals surface area contributed by atoms with E-state index in [0.29, 0.717) is 19.7 Å². The van der Waals surface area contributed by atoms with E-state index in [-0.39, 0.29) is 18.6 Å². The summed E-state index contributed by atoms with van der Waals surface area (Å²) in [5.74, 6) is -1.05. The summed E-state index contributed by atoms with van der Waals surface area (Å²) < 4.78 is 5.58. The lowest BCUT2D eigenvalue weighted by molar-refractivity contribution is -0.139. The average Bonchev–Trinajstić information content (AvgIpc) is 2.63. The van der Waals surface area contributed by atoms with Gasteiger partial charge in [0.2, 0.25) is 0 Å². The molecule has 2 N–H and O–H groups in total. The highest BCUT2D eigenvalue weighted by atomic mass is 16.5. The number of nitrogens with one attached hydrogen (secondary N) is 1. The summed E-state index contributed by atoms with van der Waals surface area (Å²) in [4.78, 5) is 24.7. The van der Waals surface area contributed by atoms with Crippen LogP contribution in [0.25, 0.3) is 0 Å². The van der Waals surface area contributed by atoms with E-state index in [4.69, 9.17) is 9.84 Å². The van der Waals surface area contributed by atoms with E-state index in [1.54, 1.807) is 4.90 Å². The molecule has 1 aliphatic heterocycles. The molecule has 1 aliphatic rings. The fraction of sp³-hybridized carbons (Fsp3) is 0.692. The van der Waals surface area contributed by atoms with Crippen molar-refractivity contribution in [1.29, 1.82) is 0 Å². The third-order valence-electron chi connectivity index (χ3n) is 3.09. The zero-order valence-corrected chi connectivity index (χ0v) is 11.3. The van der Waals surface area contributed by atoms with Crippen molar-refractivity contribution < 1.29 is 19.4 Å². The molecule has 108 valence electrons. The number of rotatable bonds is 5. The Morgan fingerprint density at radius 1 is 1.63 bits per heavy atom. The molecule has 0 aromatic carbocycles. The van der Waals surface area contributed by atoms with E-state index in [0.717, 1.165) is 12.8 Å². The van der Waals surface area contributed by atoms with Crippen LogP contribution in [0.2, 0.25) is 0 Å². The third-order valence-corrected chi connectivity index (χ3v) is 3.09. The van der Waals surface area contributed by atoms with E-state index in [9.17, 15) is 9.59 Å². The van der Waals surface area contributed by atoms with Crippen LogP contribution in [-0.2, 0) is 9.53 Å². The first kappa shape index (κ1) is 15.5. The fourth-order valence-electron chi connectivity index (χ4n) is 1.96. The van der Waals surface area contributed by atoms with Crippen LogP contribution in [0, 0.1) is 0 Å². The number of hydrogen-bond donors (Lipinski definition) is 2. The molecule has 6 nitrogen and oxygen atoms in total. The maximum atomic E-state index is 12.1. The van der Waals surface area contributed by atoms with Gasteiger partial charge in [0.1, 0.15) is 6.04 Å². The van der Waals surface area contributed by atoms with Gasteiger partial charge >= 0.3 is 12.0 Å². The van der Waals surface area contributed by atoms with Gasteiger partial charge in [0, 0.05) is 19.7 Å². The number of carboxylic acids is 1. The molecule has 1 saturated heterocycles. The Morgan fingerprint density at radius 2 is 2.37 bits per heavy atom. The Bertz CT molecular complexity index is 333. The molecule has 0 radical (unpaired) electrons. The number of carbonyl (C=O) groups excluding carboxylic acids is 1. The van der Waals surface area contributed by atoms with Crippen LogP contribution in [0.3, 0.4) is 0 Å². The van der Waals surface area contributed by atoms with Gasteiger partial charge in [-0.05, 0) is 19.3 Å². The second-order valence-electron chi connectivity index (χ2n) is 4.57. The Balaban J connectivity index is 2.59. The second-order valence-corrected chi connectivity index (χ2v) is 4.57. The maximum absolute atomic E-state index is 12.1. The molecule has 1 rings (SSSR count). The zero-order chi connectivity index (χ0) is 14.3. The summed E-state index contributed by atoms with van der Waals surface area (Å²) >= 11 is 0. The number of carbonyl (C=O) groups is 2. The molecule has 0 saturated carbocycles. The van der Waals surface area contributed by atoms with Crippen LogP contribution in [0.15, 0.2) is 12.7 Å². The van der Waals surface area contributed by atoms with Crippen molar-refractivity contribution in [3.05, 3.63) is 12.7 Å². The Morgan fingerprint density at radius 3 is 2.95 bits per heavy atom. The van der Waals surface area contributed by atoms with Crippen molar-refractivity contribution in [2.75, 3.05) is 19.7 Å². The van der Waals surface area contributed by atoms with Crippen molar-refractivity contribution in [3.63, 3.8) is 0 Å². The van der Waals surface area contributed by atoms with Crippen molar-refractivity contribution in [2.24, 2.45) is 0 Å². The number of nitrogens with zero attached hydrogens (tertiary/aromatic N) is 1. The highest BCUT2D eigenvalue weighted by Gasteiger charge is 2.25. The summed E-state index contributed by atoms with van der Waals surface area (Å²) in [7, 11) is 0. The van der Waals surface area contributed by atoms with E-state index in [1.807, 2.05) is 6.92 Å². The van der Waals surface area contributed by atoms with E-state index >= 15 is 0 Å². The molecule has 0 aromatic heterocycles. The molecule has 19 heavy (non-hydrogen) atoms. The summed E-state index contributed by atoms with van der Waals surface area (Å²) in [5, 5.41) is 11.5. The summed E-state index contributed by atoms with van der Waals surface area (Å²) in [6.45, 7) is 7.22. The minimum Gasteiger partial charge on any atom is -0.480 e. The van der Waals surface area contributed by atoms with Gasteiger partial charge in [-0.25, -0.2) is 9.59 Å². The number of amides is 2. The Hall–Kier alpha value is -1.56. The lowest BCUT2D eigenvalue weighted by atomic mass is 10.2. The first-order chi connectivity index (χ1) is 9.08. The Kier molecular flexibility index (Phi) is 6.35. The number of ether oxygens (including phenoxy) is 1. The SMILES string of the molecule is C=CCC(NC(=O)N1CCCOC(CC)C1)C(=O)O.